The summed E-state index contributed by atoms with van der Waals surface area (Å²) >= 11 is 5.93. The summed E-state index contributed by atoms with van der Waals surface area (Å²) in [6, 6.07) is 8.08. The van der Waals surface area contributed by atoms with Gasteiger partial charge in [0.25, 0.3) is 0 Å². The van der Waals surface area contributed by atoms with Crippen molar-refractivity contribution >= 4 is 23.0 Å². The number of nitrogen functional groups attached to an aromatic ring is 1. The zero-order chi connectivity index (χ0) is 14.7. The molecule has 1 aromatic carbocycles. The molecule has 0 aliphatic carbocycles. The molecule has 0 amide bonds. The summed E-state index contributed by atoms with van der Waals surface area (Å²) in [4.78, 5) is 4.86. The molecule has 0 spiro atoms. The molecule has 1 aromatic heterocycles. The monoisotopic (exact) mass is 305 g/mol. The van der Waals surface area contributed by atoms with Crippen molar-refractivity contribution in [2.75, 3.05) is 43.4 Å². The average molecular weight is 306 g/mol. The molecule has 0 radical (unpaired) electrons. The van der Waals surface area contributed by atoms with Crippen LogP contribution in [-0.2, 0) is 6.54 Å². The Balaban J connectivity index is 1.47. The minimum absolute atomic E-state index is 0.725. The van der Waals surface area contributed by atoms with Crippen LogP contribution in [0.5, 0.6) is 0 Å². The number of halogens is 1. The molecule has 6 heteroatoms. The summed E-state index contributed by atoms with van der Waals surface area (Å²) in [5.74, 6) is 0. The predicted octanol–water partition coefficient (Wildman–Crippen LogP) is 1.94. The SMILES string of the molecule is Nc1cnn(CCN2CCN(c3ccc(Cl)cc3)CC2)c1. The molecule has 2 heterocycles. The first-order valence-electron chi connectivity index (χ1n) is 7.21. The Kier molecular flexibility index (Phi) is 4.31. The third kappa shape index (κ3) is 3.68. The van der Waals surface area contributed by atoms with Crippen LogP contribution in [0.15, 0.2) is 36.7 Å². The van der Waals surface area contributed by atoms with E-state index in [4.69, 9.17) is 17.3 Å². The average Bonchev–Trinajstić information content (AvgIpc) is 2.92. The van der Waals surface area contributed by atoms with Crippen molar-refractivity contribution in [1.29, 1.82) is 0 Å². The van der Waals surface area contributed by atoms with Crippen molar-refractivity contribution in [3.63, 3.8) is 0 Å². The maximum Gasteiger partial charge on any atom is 0.0719 e. The summed E-state index contributed by atoms with van der Waals surface area (Å²) in [5.41, 5.74) is 7.64. The van der Waals surface area contributed by atoms with Crippen LogP contribution in [0, 0.1) is 0 Å². The quantitative estimate of drug-likeness (QED) is 0.938. The van der Waals surface area contributed by atoms with Gasteiger partial charge in [0, 0.05) is 49.6 Å². The fourth-order valence-electron chi connectivity index (χ4n) is 2.63. The Bertz CT molecular complexity index is 572. The molecule has 112 valence electrons. The zero-order valence-electron chi connectivity index (χ0n) is 12.0. The molecule has 0 bridgehead atoms. The van der Waals surface area contributed by atoms with Crippen LogP contribution in [0.25, 0.3) is 0 Å². The van der Waals surface area contributed by atoms with E-state index < -0.39 is 0 Å². The van der Waals surface area contributed by atoms with E-state index in [9.17, 15) is 0 Å². The molecule has 21 heavy (non-hydrogen) atoms. The Labute approximate surface area is 129 Å². The fourth-order valence-corrected chi connectivity index (χ4v) is 2.75. The lowest BCUT2D eigenvalue weighted by atomic mass is 10.2. The van der Waals surface area contributed by atoms with Crippen LogP contribution in [0.2, 0.25) is 5.02 Å². The zero-order valence-corrected chi connectivity index (χ0v) is 12.7. The van der Waals surface area contributed by atoms with Gasteiger partial charge in [-0.15, -0.1) is 0 Å². The van der Waals surface area contributed by atoms with Gasteiger partial charge in [-0.1, -0.05) is 11.6 Å². The van der Waals surface area contributed by atoms with Gasteiger partial charge in [0.2, 0.25) is 0 Å². The molecule has 0 saturated carbocycles. The summed E-state index contributed by atoms with van der Waals surface area (Å²) in [5, 5.41) is 5.00. The van der Waals surface area contributed by atoms with E-state index in [-0.39, 0.29) is 0 Å². The lowest BCUT2D eigenvalue weighted by Crippen LogP contribution is -2.47. The van der Waals surface area contributed by atoms with Gasteiger partial charge in [0.05, 0.1) is 18.4 Å². The summed E-state index contributed by atoms with van der Waals surface area (Å²) in [7, 11) is 0. The van der Waals surface area contributed by atoms with Gasteiger partial charge in [-0.3, -0.25) is 9.58 Å². The molecule has 1 aliphatic rings. The van der Waals surface area contributed by atoms with Crippen LogP contribution < -0.4 is 10.6 Å². The topological polar surface area (TPSA) is 50.3 Å². The molecule has 5 nitrogen and oxygen atoms in total. The third-order valence-corrected chi connectivity index (χ3v) is 4.11. The van der Waals surface area contributed by atoms with E-state index in [2.05, 4.69) is 27.0 Å². The number of anilines is 2. The molecule has 1 aliphatic heterocycles. The van der Waals surface area contributed by atoms with Crippen molar-refractivity contribution in [1.82, 2.24) is 14.7 Å². The highest BCUT2D eigenvalue weighted by Crippen LogP contribution is 2.19. The van der Waals surface area contributed by atoms with Crippen molar-refractivity contribution in [2.24, 2.45) is 0 Å². The number of nitrogens with two attached hydrogens (primary N) is 1. The second-order valence-electron chi connectivity index (χ2n) is 5.34. The van der Waals surface area contributed by atoms with Gasteiger partial charge >= 0.3 is 0 Å². The van der Waals surface area contributed by atoms with Crippen LogP contribution in [0.1, 0.15) is 0 Å². The number of hydrogen-bond acceptors (Lipinski definition) is 4. The Morgan fingerprint density at radius 1 is 1.05 bits per heavy atom. The summed E-state index contributed by atoms with van der Waals surface area (Å²) < 4.78 is 1.90. The molecule has 2 N–H and O–H groups in total. The summed E-state index contributed by atoms with van der Waals surface area (Å²) in [6.07, 6.45) is 3.57. The predicted molar refractivity (Wildman–Crippen MR) is 86.7 cm³/mol. The highest BCUT2D eigenvalue weighted by atomic mass is 35.5. The first-order valence-corrected chi connectivity index (χ1v) is 7.59. The minimum Gasteiger partial charge on any atom is -0.396 e. The Morgan fingerprint density at radius 3 is 2.38 bits per heavy atom. The van der Waals surface area contributed by atoms with E-state index >= 15 is 0 Å². The van der Waals surface area contributed by atoms with Crippen molar-refractivity contribution in [3.8, 4) is 0 Å². The van der Waals surface area contributed by atoms with Gasteiger partial charge in [0.1, 0.15) is 0 Å². The van der Waals surface area contributed by atoms with Crippen LogP contribution in [0.4, 0.5) is 11.4 Å². The standard InChI is InChI=1S/C15H20ClN5/c16-13-1-3-15(4-2-13)20-8-5-19(6-9-20)7-10-21-12-14(17)11-18-21/h1-4,11-12H,5-10,17H2. The molecule has 0 unspecified atom stereocenters. The largest absolute Gasteiger partial charge is 0.396 e. The van der Waals surface area contributed by atoms with E-state index in [0.717, 1.165) is 50.0 Å². The van der Waals surface area contributed by atoms with Crippen molar-refractivity contribution in [2.45, 2.75) is 6.54 Å². The number of benzene rings is 1. The van der Waals surface area contributed by atoms with Gasteiger partial charge < -0.3 is 10.6 Å². The van der Waals surface area contributed by atoms with Crippen LogP contribution >= 0.6 is 11.6 Å². The fraction of sp³-hybridized carbons (Fsp3) is 0.400. The van der Waals surface area contributed by atoms with Gasteiger partial charge in [-0.2, -0.15) is 5.10 Å². The number of hydrogen-bond donors (Lipinski definition) is 1. The maximum atomic E-state index is 5.93. The molecule has 0 atom stereocenters. The van der Waals surface area contributed by atoms with Gasteiger partial charge in [-0.25, -0.2) is 0 Å². The number of aromatic nitrogens is 2. The Morgan fingerprint density at radius 2 is 1.76 bits per heavy atom. The molecular weight excluding hydrogens is 286 g/mol. The van der Waals surface area contributed by atoms with Gasteiger partial charge in [-0.05, 0) is 24.3 Å². The molecular formula is C15H20ClN5. The molecule has 1 fully saturated rings. The smallest absolute Gasteiger partial charge is 0.0719 e. The lowest BCUT2D eigenvalue weighted by molar-refractivity contribution is 0.244. The third-order valence-electron chi connectivity index (χ3n) is 3.86. The first-order chi connectivity index (χ1) is 10.2. The molecule has 1 saturated heterocycles. The number of nitrogens with zero attached hydrogens (tertiary/aromatic N) is 4. The highest BCUT2D eigenvalue weighted by Gasteiger charge is 2.16. The minimum atomic E-state index is 0.725. The van der Waals surface area contributed by atoms with E-state index in [1.165, 1.54) is 5.69 Å². The maximum absolute atomic E-state index is 5.93. The van der Waals surface area contributed by atoms with Crippen molar-refractivity contribution in [3.05, 3.63) is 41.7 Å². The van der Waals surface area contributed by atoms with E-state index in [0.29, 0.717) is 0 Å². The second kappa shape index (κ2) is 6.37. The lowest BCUT2D eigenvalue weighted by Gasteiger charge is -2.36. The molecule has 2 aromatic rings. The number of rotatable bonds is 4. The number of piperazine rings is 1. The summed E-state index contributed by atoms with van der Waals surface area (Å²) in [6.45, 7) is 6.12. The second-order valence-corrected chi connectivity index (χ2v) is 5.78. The van der Waals surface area contributed by atoms with Crippen molar-refractivity contribution < 1.29 is 0 Å². The van der Waals surface area contributed by atoms with Crippen LogP contribution in [-0.4, -0.2) is 47.4 Å². The van der Waals surface area contributed by atoms with E-state index in [1.54, 1.807) is 6.20 Å². The normalized spacial score (nSPS) is 16.3. The Hall–Kier alpha value is -1.72. The first kappa shape index (κ1) is 14.2. The highest BCUT2D eigenvalue weighted by molar-refractivity contribution is 6.30. The van der Waals surface area contributed by atoms with E-state index in [1.807, 2.05) is 23.0 Å². The van der Waals surface area contributed by atoms with Gasteiger partial charge in [0.15, 0.2) is 0 Å². The van der Waals surface area contributed by atoms with Crippen LogP contribution in [0.3, 0.4) is 0 Å². The molecule has 3 rings (SSSR count).